The van der Waals surface area contributed by atoms with Crippen molar-refractivity contribution in [2.45, 2.75) is 112 Å². The van der Waals surface area contributed by atoms with Gasteiger partial charge in [-0.1, -0.05) is 60.1 Å². The van der Waals surface area contributed by atoms with Gasteiger partial charge in [0.2, 0.25) is 0 Å². The monoisotopic (exact) mass is 474 g/mol. The van der Waals surface area contributed by atoms with Crippen molar-refractivity contribution in [1.29, 1.82) is 0 Å². The summed E-state index contributed by atoms with van der Waals surface area (Å²) in [5.74, 6) is 1.44. The van der Waals surface area contributed by atoms with Gasteiger partial charge in [0.15, 0.2) is 0 Å². The molecule has 4 N–H and O–H groups in total. The van der Waals surface area contributed by atoms with E-state index in [-0.39, 0.29) is 57.7 Å². The van der Waals surface area contributed by atoms with Gasteiger partial charge in [0, 0.05) is 17.4 Å². The summed E-state index contributed by atoms with van der Waals surface area (Å²) in [6.07, 6.45) is 7.62. The molecule has 0 amide bonds. The molecule has 4 nitrogen and oxygen atoms in total. The van der Waals surface area contributed by atoms with Gasteiger partial charge in [0.25, 0.3) is 0 Å². The van der Waals surface area contributed by atoms with Crippen molar-refractivity contribution in [2.75, 3.05) is 6.61 Å². The second kappa shape index (κ2) is 7.55. The largest absolute Gasteiger partial charge is 0.396 e. The van der Waals surface area contributed by atoms with E-state index < -0.39 is 6.10 Å². The smallest absolute Gasteiger partial charge is 0.0608 e. The molecule has 4 fully saturated rings. The highest BCUT2D eigenvalue weighted by atomic mass is 16.3. The fraction of sp³-hybridized carbons (Fsp3) is 0.933. The maximum atomic E-state index is 12.0. The van der Waals surface area contributed by atoms with Crippen LogP contribution in [0.5, 0.6) is 0 Å². The molecule has 0 aliphatic heterocycles. The molecule has 4 heteroatoms. The average molecular weight is 475 g/mol. The van der Waals surface area contributed by atoms with Crippen LogP contribution in [0.15, 0.2) is 11.6 Å². The van der Waals surface area contributed by atoms with Crippen molar-refractivity contribution in [1.82, 2.24) is 0 Å². The van der Waals surface area contributed by atoms with Gasteiger partial charge in [-0.25, -0.2) is 0 Å². The van der Waals surface area contributed by atoms with Crippen LogP contribution in [-0.2, 0) is 0 Å². The lowest BCUT2D eigenvalue weighted by Gasteiger charge is -2.72. The van der Waals surface area contributed by atoms with Gasteiger partial charge in [-0.2, -0.15) is 0 Å². The molecule has 0 aromatic carbocycles. The molecule has 34 heavy (non-hydrogen) atoms. The number of fused-ring (bicyclic) bond motifs is 7. The van der Waals surface area contributed by atoms with Crippen molar-refractivity contribution in [3.63, 3.8) is 0 Å². The molecule has 12 atom stereocenters. The van der Waals surface area contributed by atoms with Crippen LogP contribution >= 0.6 is 0 Å². The van der Waals surface area contributed by atoms with Crippen LogP contribution < -0.4 is 0 Å². The number of allylic oxidation sites excluding steroid dienone is 2. The van der Waals surface area contributed by atoms with E-state index >= 15 is 0 Å². The third-order valence-corrected chi connectivity index (χ3v) is 13.6. The normalized spacial score (nSPS) is 58.6. The Hall–Kier alpha value is -0.420. The quantitative estimate of drug-likeness (QED) is 0.406. The van der Waals surface area contributed by atoms with Crippen LogP contribution in [0.2, 0.25) is 0 Å². The number of hydrogen-bond donors (Lipinski definition) is 4. The molecule has 0 radical (unpaired) electrons. The van der Waals surface area contributed by atoms with Crippen LogP contribution in [0.25, 0.3) is 0 Å². The molecule has 4 saturated carbocycles. The molecule has 5 aliphatic carbocycles. The summed E-state index contributed by atoms with van der Waals surface area (Å²) in [4.78, 5) is 0. The summed E-state index contributed by atoms with van der Waals surface area (Å²) in [5, 5.41) is 44.5. The fourth-order valence-corrected chi connectivity index (χ4v) is 10.9. The molecule has 0 aromatic heterocycles. The summed E-state index contributed by atoms with van der Waals surface area (Å²) < 4.78 is 0. The topological polar surface area (TPSA) is 80.9 Å². The van der Waals surface area contributed by atoms with Gasteiger partial charge >= 0.3 is 0 Å². The number of hydrogen-bond acceptors (Lipinski definition) is 4. The Morgan fingerprint density at radius 1 is 0.882 bits per heavy atom. The van der Waals surface area contributed by atoms with Gasteiger partial charge in [-0.15, -0.1) is 0 Å². The minimum atomic E-state index is -0.405. The molecule has 5 aliphatic rings. The lowest BCUT2D eigenvalue weighted by Crippen LogP contribution is -2.69. The molecule has 0 bridgehead atoms. The second-order valence-corrected chi connectivity index (χ2v) is 14.7. The summed E-state index contributed by atoms with van der Waals surface area (Å²) in [7, 11) is 0. The first kappa shape index (κ1) is 25.2. The second-order valence-electron chi connectivity index (χ2n) is 14.7. The first-order valence-corrected chi connectivity index (χ1v) is 14.1. The molecule has 0 spiro atoms. The van der Waals surface area contributed by atoms with Gasteiger partial charge in [0.05, 0.1) is 18.3 Å². The number of aliphatic hydroxyl groups is 4. The van der Waals surface area contributed by atoms with Crippen molar-refractivity contribution in [2.24, 2.45) is 56.7 Å². The molecule has 0 aromatic rings. The van der Waals surface area contributed by atoms with E-state index in [1.165, 1.54) is 5.57 Å². The first-order valence-electron chi connectivity index (χ1n) is 14.1. The van der Waals surface area contributed by atoms with Crippen LogP contribution in [0.4, 0.5) is 0 Å². The highest BCUT2D eigenvalue weighted by molar-refractivity contribution is 5.35. The van der Waals surface area contributed by atoms with E-state index in [1.54, 1.807) is 0 Å². The number of rotatable bonds is 1. The van der Waals surface area contributed by atoms with Crippen molar-refractivity contribution in [3.8, 4) is 0 Å². The summed E-state index contributed by atoms with van der Waals surface area (Å²) in [6, 6.07) is 0. The Balaban J connectivity index is 1.63. The van der Waals surface area contributed by atoms with E-state index in [2.05, 4.69) is 54.5 Å². The van der Waals surface area contributed by atoms with Gasteiger partial charge < -0.3 is 20.4 Å². The fourth-order valence-electron chi connectivity index (χ4n) is 10.9. The molecule has 0 heterocycles. The van der Waals surface area contributed by atoms with Crippen LogP contribution in [0, 0.1) is 56.7 Å². The maximum Gasteiger partial charge on any atom is 0.0608 e. The van der Waals surface area contributed by atoms with Gasteiger partial charge in [0.1, 0.15) is 0 Å². The lowest BCUT2D eigenvalue weighted by molar-refractivity contribution is -0.247. The zero-order valence-corrected chi connectivity index (χ0v) is 22.6. The zero-order chi connectivity index (χ0) is 25.1. The predicted octanol–water partition coefficient (Wildman–Crippen LogP) is 4.94. The van der Waals surface area contributed by atoms with Crippen molar-refractivity contribution >= 4 is 0 Å². The van der Waals surface area contributed by atoms with E-state index in [1.807, 2.05) is 0 Å². The summed E-state index contributed by atoms with van der Waals surface area (Å²) in [6.45, 7) is 16.3. The van der Waals surface area contributed by atoms with Crippen molar-refractivity contribution in [3.05, 3.63) is 11.6 Å². The van der Waals surface area contributed by atoms with Crippen LogP contribution in [-0.4, -0.2) is 45.3 Å². The molecular formula is C30H50O4. The minimum absolute atomic E-state index is 0.0922. The summed E-state index contributed by atoms with van der Waals surface area (Å²) >= 11 is 0. The molecule has 5 rings (SSSR count). The summed E-state index contributed by atoms with van der Waals surface area (Å²) in [5.41, 5.74) is 0.763. The van der Waals surface area contributed by atoms with E-state index in [4.69, 9.17) is 0 Å². The zero-order valence-electron chi connectivity index (χ0n) is 22.6. The molecular weight excluding hydrogens is 424 g/mol. The van der Waals surface area contributed by atoms with Crippen LogP contribution in [0.3, 0.4) is 0 Å². The lowest BCUT2D eigenvalue weighted by atomic mass is 9.32. The van der Waals surface area contributed by atoms with Gasteiger partial charge in [-0.05, 0) is 90.8 Å². The highest BCUT2D eigenvalue weighted by Gasteiger charge is 2.71. The van der Waals surface area contributed by atoms with E-state index in [0.29, 0.717) is 24.2 Å². The Labute approximate surface area is 207 Å². The maximum absolute atomic E-state index is 12.0. The van der Waals surface area contributed by atoms with Crippen molar-refractivity contribution < 1.29 is 20.4 Å². The molecule has 0 unspecified atom stereocenters. The standard InChI is InChI=1S/C30H50O4/c1-17-18(2)25-19-8-9-21-27(5)11-10-23(33)26(3,4)22(27)14-24(34)29(21,7)28(19,6)12-13-30(25,16-31)15-20(17)32/h8,17-18,20-25,31-34H,9-16H2,1-7H3/t17-,18-,20-,21+,22-,23-,24-,25-,27+,28+,29-,30-/m0/s1. The SMILES string of the molecule is C[C@H]1[C@H](C)[C@@H](O)C[C@]2(CO)CC[C@]3(C)C(=CC[C@@H]4[C@@]5(C)CC[C@H](O)C(C)(C)[C@@H]5C[C@H](O)[C@]43C)[C@H]12. The minimum Gasteiger partial charge on any atom is -0.396 e. The first-order chi connectivity index (χ1) is 15.7. The Morgan fingerprint density at radius 2 is 1.56 bits per heavy atom. The van der Waals surface area contributed by atoms with E-state index in [0.717, 1.165) is 38.5 Å². The Morgan fingerprint density at radius 3 is 2.21 bits per heavy atom. The molecule has 0 saturated heterocycles. The van der Waals surface area contributed by atoms with Crippen LogP contribution in [0.1, 0.15) is 93.4 Å². The number of aliphatic hydroxyl groups excluding tert-OH is 4. The highest BCUT2D eigenvalue weighted by Crippen LogP contribution is 2.75. The Kier molecular flexibility index (Phi) is 5.61. The third-order valence-electron chi connectivity index (χ3n) is 13.6. The van der Waals surface area contributed by atoms with E-state index in [9.17, 15) is 20.4 Å². The predicted molar refractivity (Wildman–Crippen MR) is 135 cm³/mol. The molecule has 194 valence electrons. The third kappa shape index (κ3) is 2.81. The average Bonchev–Trinajstić information content (AvgIpc) is 2.78. The van der Waals surface area contributed by atoms with Gasteiger partial charge in [-0.3, -0.25) is 0 Å². The Bertz CT molecular complexity index is 866.